The van der Waals surface area contributed by atoms with Crippen molar-refractivity contribution in [3.63, 3.8) is 0 Å². The quantitative estimate of drug-likeness (QED) is 0.817. The molecule has 1 aromatic rings. The third-order valence-corrected chi connectivity index (χ3v) is 5.17. The molecule has 0 atom stereocenters. The average Bonchev–Trinajstić information content (AvgIpc) is 2.35. The summed E-state index contributed by atoms with van der Waals surface area (Å²) >= 11 is 0. The molecule has 2 N–H and O–H groups in total. The first-order valence-electron chi connectivity index (χ1n) is 6.82. The van der Waals surface area contributed by atoms with Gasteiger partial charge in [-0.3, -0.25) is 0 Å². The van der Waals surface area contributed by atoms with Gasteiger partial charge in [-0.15, -0.1) is 0 Å². The first-order valence-corrected chi connectivity index (χ1v) is 8.30. The van der Waals surface area contributed by atoms with Crippen molar-refractivity contribution in [1.29, 1.82) is 0 Å². The van der Waals surface area contributed by atoms with Crippen molar-refractivity contribution in [3.05, 3.63) is 35.4 Å². The summed E-state index contributed by atoms with van der Waals surface area (Å²) in [5, 5.41) is 8.61. The number of benzene rings is 1. The van der Waals surface area contributed by atoms with E-state index in [2.05, 4.69) is 11.6 Å². The van der Waals surface area contributed by atoms with E-state index >= 15 is 0 Å². The minimum atomic E-state index is -3.50. The highest BCUT2D eigenvalue weighted by atomic mass is 32.2. The van der Waals surface area contributed by atoms with Crippen molar-refractivity contribution < 1.29 is 18.3 Å². The van der Waals surface area contributed by atoms with E-state index in [1.165, 1.54) is 12.1 Å². The lowest BCUT2D eigenvalue weighted by molar-refractivity contribution is -0.131. The fourth-order valence-corrected chi connectivity index (χ4v) is 3.80. The molecule has 6 heteroatoms. The molecule has 0 aromatic heterocycles. The number of carboxylic acid groups (broad SMARTS) is 1. The Bertz CT molecular complexity index is 673. The first kappa shape index (κ1) is 15.7. The van der Waals surface area contributed by atoms with Crippen LogP contribution in [0.5, 0.6) is 0 Å². The predicted molar refractivity (Wildman–Crippen MR) is 80.4 cm³/mol. The molecule has 0 radical (unpaired) electrons. The number of aliphatic carboxylic acids is 1. The smallest absolute Gasteiger partial charge is 0.328 e. The summed E-state index contributed by atoms with van der Waals surface area (Å²) in [6, 6.07) is 4.70. The lowest BCUT2D eigenvalue weighted by Crippen LogP contribution is -2.43. The topological polar surface area (TPSA) is 83.5 Å². The molecule has 0 saturated heterocycles. The molecule has 0 bridgehead atoms. The second-order valence-electron chi connectivity index (χ2n) is 5.58. The van der Waals surface area contributed by atoms with E-state index in [-0.39, 0.29) is 10.9 Å². The normalized spacial score (nSPS) is 22.2. The summed E-state index contributed by atoms with van der Waals surface area (Å²) in [6.45, 7) is 3.85. The van der Waals surface area contributed by atoms with Gasteiger partial charge < -0.3 is 5.11 Å². The molecule has 1 aliphatic carbocycles. The van der Waals surface area contributed by atoms with E-state index in [0.717, 1.165) is 24.5 Å². The molecular formula is C15H19NO4S. The van der Waals surface area contributed by atoms with E-state index in [4.69, 9.17) is 5.11 Å². The lowest BCUT2D eigenvalue weighted by Gasteiger charge is -2.32. The van der Waals surface area contributed by atoms with Crippen LogP contribution >= 0.6 is 0 Å². The van der Waals surface area contributed by atoms with Crippen molar-refractivity contribution in [1.82, 2.24) is 4.72 Å². The highest BCUT2D eigenvalue weighted by molar-refractivity contribution is 7.89. The van der Waals surface area contributed by atoms with Crippen molar-refractivity contribution >= 4 is 22.1 Å². The highest BCUT2D eigenvalue weighted by Gasteiger charge is 2.29. The van der Waals surface area contributed by atoms with Crippen molar-refractivity contribution in [2.45, 2.75) is 37.6 Å². The fraction of sp³-hybridized carbons (Fsp3) is 0.400. The maximum absolute atomic E-state index is 12.2. The van der Waals surface area contributed by atoms with Crippen molar-refractivity contribution in [3.8, 4) is 0 Å². The van der Waals surface area contributed by atoms with Gasteiger partial charge >= 0.3 is 5.97 Å². The molecule has 21 heavy (non-hydrogen) atoms. The molecule has 0 amide bonds. The van der Waals surface area contributed by atoms with Crippen molar-refractivity contribution in [2.75, 3.05) is 0 Å². The fourth-order valence-electron chi connectivity index (χ4n) is 2.45. The van der Waals surface area contributed by atoms with Gasteiger partial charge in [0.05, 0.1) is 4.90 Å². The number of hydrogen-bond donors (Lipinski definition) is 2. The summed E-state index contributed by atoms with van der Waals surface area (Å²) in [4.78, 5) is 10.7. The van der Waals surface area contributed by atoms with Crippen LogP contribution in [0.2, 0.25) is 0 Å². The predicted octanol–water partition coefficient (Wildman–Crippen LogP) is 2.17. The molecule has 1 aliphatic rings. The zero-order chi connectivity index (χ0) is 15.6. The largest absolute Gasteiger partial charge is 0.478 e. The van der Waals surface area contributed by atoms with Gasteiger partial charge in [-0.05, 0) is 55.0 Å². The number of sulfonamides is 1. The molecule has 2 rings (SSSR count). The van der Waals surface area contributed by atoms with Crippen LogP contribution in [0.4, 0.5) is 0 Å². The number of carboxylic acids is 1. The lowest BCUT2D eigenvalue weighted by atomic mass is 9.83. The van der Waals surface area contributed by atoms with Gasteiger partial charge in [-0.1, -0.05) is 13.0 Å². The van der Waals surface area contributed by atoms with Crippen LogP contribution < -0.4 is 4.72 Å². The minimum Gasteiger partial charge on any atom is -0.478 e. The Kier molecular flexibility index (Phi) is 4.49. The molecule has 1 saturated carbocycles. The first-order chi connectivity index (χ1) is 9.78. The molecule has 0 spiro atoms. The van der Waals surface area contributed by atoms with Gasteiger partial charge in [0, 0.05) is 12.1 Å². The van der Waals surface area contributed by atoms with Gasteiger partial charge in [0.2, 0.25) is 10.0 Å². The Morgan fingerprint density at radius 1 is 1.38 bits per heavy atom. The number of hydrogen-bond acceptors (Lipinski definition) is 3. The maximum atomic E-state index is 12.2. The third kappa shape index (κ3) is 3.92. The zero-order valence-electron chi connectivity index (χ0n) is 12.0. The van der Waals surface area contributed by atoms with Crippen LogP contribution in [0, 0.1) is 12.8 Å². The summed E-state index contributed by atoms with van der Waals surface area (Å²) in [5.41, 5.74) is 1.41. The van der Waals surface area contributed by atoms with Crippen LogP contribution in [0.3, 0.4) is 0 Å². The molecule has 1 aromatic carbocycles. The van der Waals surface area contributed by atoms with Crippen LogP contribution in [0.25, 0.3) is 6.08 Å². The van der Waals surface area contributed by atoms with E-state index in [1.807, 2.05) is 0 Å². The monoisotopic (exact) mass is 309 g/mol. The zero-order valence-corrected chi connectivity index (χ0v) is 12.9. The molecule has 1 fully saturated rings. The number of carbonyl (C=O) groups is 1. The van der Waals surface area contributed by atoms with Gasteiger partial charge in [-0.2, -0.15) is 0 Å². The van der Waals surface area contributed by atoms with E-state index in [1.54, 1.807) is 19.1 Å². The Labute approximate surface area is 124 Å². The van der Waals surface area contributed by atoms with E-state index < -0.39 is 16.0 Å². The Balaban J connectivity index is 2.17. The van der Waals surface area contributed by atoms with Crippen molar-refractivity contribution in [2.24, 2.45) is 5.92 Å². The highest BCUT2D eigenvalue weighted by Crippen LogP contribution is 2.28. The number of rotatable bonds is 5. The van der Waals surface area contributed by atoms with E-state index in [9.17, 15) is 13.2 Å². The second kappa shape index (κ2) is 5.99. The third-order valence-electron chi connectivity index (χ3n) is 3.65. The standard InChI is InChI=1S/C15H19NO4S/c1-10-7-13(8-10)16-21(19,20)14-5-3-12(11(2)9-14)4-6-15(17)18/h3-6,9-10,13,16H,7-8H2,1-2H3,(H,17,18)/b6-4+. The molecular weight excluding hydrogens is 290 g/mol. The maximum Gasteiger partial charge on any atom is 0.328 e. The number of nitrogens with one attached hydrogen (secondary N) is 1. The molecule has 0 unspecified atom stereocenters. The second-order valence-corrected chi connectivity index (χ2v) is 7.30. The summed E-state index contributed by atoms with van der Waals surface area (Å²) in [5.74, 6) is -0.463. The Morgan fingerprint density at radius 3 is 2.57 bits per heavy atom. The van der Waals surface area contributed by atoms with Gasteiger partial charge in [0.25, 0.3) is 0 Å². The Hall–Kier alpha value is -1.66. The summed E-state index contributed by atoms with van der Waals surface area (Å²) in [6.07, 6.45) is 4.23. The molecule has 0 heterocycles. The average molecular weight is 309 g/mol. The Morgan fingerprint density at radius 2 is 2.05 bits per heavy atom. The van der Waals surface area contributed by atoms with Gasteiger partial charge in [0.1, 0.15) is 0 Å². The summed E-state index contributed by atoms with van der Waals surface area (Å²) in [7, 11) is -3.50. The minimum absolute atomic E-state index is 0.0249. The van der Waals surface area contributed by atoms with Crippen LogP contribution in [-0.2, 0) is 14.8 Å². The van der Waals surface area contributed by atoms with Crippen LogP contribution in [-0.4, -0.2) is 25.5 Å². The molecule has 5 nitrogen and oxygen atoms in total. The SMILES string of the molecule is Cc1cc(S(=O)(=O)NC2CC(C)C2)ccc1/C=C/C(=O)O. The van der Waals surface area contributed by atoms with Crippen LogP contribution in [0.15, 0.2) is 29.2 Å². The van der Waals surface area contributed by atoms with Gasteiger partial charge in [-0.25, -0.2) is 17.9 Å². The number of aryl methyl sites for hydroxylation is 1. The van der Waals surface area contributed by atoms with Crippen LogP contribution in [0.1, 0.15) is 30.9 Å². The summed E-state index contributed by atoms with van der Waals surface area (Å²) < 4.78 is 27.2. The molecule has 0 aliphatic heterocycles. The van der Waals surface area contributed by atoms with Gasteiger partial charge in [0.15, 0.2) is 0 Å². The molecule has 114 valence electrons. The van der Waals surface area contributed by atoms with E-state index in [0.29, 0.717) is 11.5 Å².